The van der Waals surface area contributed by atoms with Gasteiger partial charge in [0, 0.05) is 31.9 Å². The highest BCUT2D eigenvalue weighted by molar-refractivity contribution is 7.89. The molecule has 0 aliphatic carbocycles. The summed E-state index contributed by atoms with van der Waals surface area (Å²) in [6.45, 7) is 16.3. The van der Waals surface area contributed by atoms with Gasteiger partial charge < -0.3 is 14.8 Å². The number of hydrogen-bond donors (Lipinski definition) is 1. The van der Waals surface area contributed by atoms with Crippen LogP contribution in [0, 0.1) is 6.92 Å². The monoisotopic (exact) mass is 531 g/mol. The summed E-state index contributed by atoms with van der Waals surface area (Å²) in [7, 11) is -3.77. The molecule has 1 fully saturated rings. The van der Waals surface area contributed by atoms with Crippen LogP contribution in [0.2, 0.25) is 0 Å². The molecule has 0 spiro atoms. The van der Waals surface area contributed by atoms with Crippen molar-refractivity contribution < 1.29 is 13.2 Å². The minimum absolute atomic E-state index is 0.0230. The van der Waals surface area contributed by atoms with Gasteiger partial charge in [-0.25, -0.2) is 13.4 Å². The Hall–Kier alpha value is -2.23. The Bertz CT molecular complexity index is 1120. The highest BCUT2D eigenvalue weighted by Gasteiger charge is 2.32. The van der Waals surface area contributed by atoms with Gasteiger partial charge in [-0.3, -0.25) is 4.79 Å². The van der Waals surface area contributed by atoms with Gasteiger partial charge in [0.1, 0.15) is 5.82 Å². The van der Waals surface area contributed by atoms with Gasteiger partial charge in [0.2, 0.25) is 5.91 Å². The van der Waals surface area contributed by atoms with Crippen molar-refractivity contribution in [2.75, 3.05) is 39.3 Å². The molecule has 2 heterocycles. The number of likely N-dealkylation sites (N-methyl/N-ethyl adjacent to an activating group) is 1. The number of imidazole rings is 1. The van der Waals surface area contributed by atoms with E-state index in [4.69, 9.17) is 0 Å². The molecule has 1 amide bonds. The van der Waals surface area contributed by atoms with Gasteiger partial charge in [0.25, 0.3) is 10.0 Å². The number of carbonyl (C=O) groups excluding carboxylic acids is 1. The number of H-pyrrole nitrogens is 1. The molecule has 0 bridgehead atoms. The number of amides is 1. The van der Waals surface area contributed by atoms with E-state index in [0.29, 0.717) is 37.9 Å². The van der Waals surface area contributed by atoms with Crippen LogP contribution in [-0.4, -0.2) is 83.7 Å². The number of rotatable bonds is 11. The number of unbranched alkanes of at least 4 members (excludes halogenated alkanes) is 1. The average molecular weight is 532 g/mol. The summed E-state index contributed by atoms with van der Waals surface area (Å²) in [5.74, 6) is 0.406. The molecule has 1 aromatic heterocycles. The van der Waals surface area contributed by atoms with Crippen molar-refractivity contribution in [1.82, 2.24) is 24.1 Å². The number of nitrogens with zero attached hydrogens (tertiary/aromatic N) is 4. The van der Waals surface area contributed by atoms with Crippen LogP contribution in [0.4, 0.5) is 0 Å². The molecule has 9 heteroatoms. The second kappa shape index (κ2) is 12.5. The largest absolute Gasteiger partial charge is 0.348 e. The fraction of sp³-hybridized carbons (Fsp3) is 0.643. The third-order valence-corrected chi connectivity index (χ3v) is 9.02. The van der Waals surface area contributed by atoms with E-state index in [-0.39, 0.29) is 22.9 Å². The smallest absolute Gasteiger partial charge is 0.262 e. The van der Waals surface area contributed by atoms with Gasteiger partial charge in [-0.1, -0.05) is 52.0 Å². The molecule has 8 nitrogen and oxygen atoms in total. The lowest BCUT2D eigenvalue weighted by Crippen LogP contribution is -2.40. The van der Waals surface area contributed by atoms with Crippen LogP contribution < -0.4 is 0 Å². The van der Waals surface area contributed by atoms with Crippen molar-refractivity contribution in [1.29, 1.82) is 0 Å². The molecular weight excluding hydrogens is 486 g/mol. The molecule has 0 radical (unpaired) electrons. The van der Waals surface area contributed by atoms with Crippen LogP contribution in [0.3, 0.4) is 0 Å². The first-order valence-electron chi connectivity index (χ1n) is 13.5. The van der Waals surface area contributed by atoms with Crippen LogP contribution in [-0.2, 0) is 26.7 Å². The summed E-state index contributed by atoms with van der Waals surface area (Å²) < 4.78 is 27.1. The van der Waals surface area contributed by atoms with Crippen LogP contribution >= 0.6 is 0 Å². The summed E-state index contributed by atoms with van der Waals surface area (Å²) in [5.41, 5.74) is 2.88. The number of carbonyl (C=O) groups is 1. The van der Waals surface area contributed by atoms with E-state index in [2.05, 4.69) is 73.8 Å². The van der Waals surface area contributed by atoms with Crippen LogP contribution in [0.5, 0.6) is 0 Å². The van der Waals surface area contributed by atoms with Gasteiger partial charge >= 0.3 is 0 Å². The number of sulfonamides is 1. The lowest BCUT2D eigenvalue weighted by Gasteiger charge is -2.29. The zero-order valence-electron chi connectivity index (χ0n) is 23.5. The molecule has 37 heavy (non-hydrogen) atoms. The van der Waals surface area contributed by atoms with E-state index >= 15 is 0 Å². The van der Waals surface area contributed by atoms with Gasteiger partial charge in [-0.05, 0) is 69.2 Å². The summed E-state index contributed by atoms with van der Waals surface area (Å²) in [6, 6.07) is 9.45. The Labute approximate surface area is 223 Å². The zero-order valence-corrected chi connectivity index (χ0v) is 24.3. The number of aryl methyl sites for hydroxylation is 1. The number of benzene rings is 1. The van der Waals surface area contributed by atoms with Gasteiger partial charge in [-0.2, -0.15) is 4.31 Å². The maximum Gasteiger partial charge on any atom is 0.262 e. The molecule has 206 valence electrons. The first kappa shape index (κ1) is 29.3. The SMILES string of the molecule is CCN(CCCCN1CCCN(S(=O)(=O)c2c[nH]c(C)n2)CC1=O)C(C)Cc1ccc(C(C)(C)C)cc1. The van der Waals surface area contributed by atoms with E-state index < -0.39 is 10.0 Å². The topological polar surface area (TPSA) is 89.6 Å². The Morgan fingerprint density at radius 2 is 1.84 bits per heavy atom. The van der Waals surface area contributed by atoms with Gasteiger partial charge in [-0.15, -0.1) is 0 Å². The first-order valence-corrected chi connectivity index (χ1v) is 15.0. The fourth-order valence-electron chi connectivity index (χ4n) is 4.91. The summed E-state index contributed by atoms with van der Waals surface area (Å²) >= 11 is 0. The standard InChI is InChI=1S/C28H45N5O3S/c1-7-31(22(2)19-24-11-13-25(14-12-24)28(4,5)6)15-8-9-16-32-17-10-18-33(21-27(32)34)37(35,36)26-20-29-23(3)30-26/h11-14,20,22H,7-10,15-19,21H2,1-6H3,(H,29,30). The van der Waals surface area contributed by atoms with Crippen LogP contribution in [0.25, 0.3) is 0 Å². The van der Waals surface area contributed by atoms with E-state index in [1.165, 1.54) is 21.6 Å². The number of aromatic amines is 1. The molecule has 1 atom stereocenters. The Morgan fingerprint density at radius 1 is 1.14 bits per heavy atom. The van der Waals surface area contributed by atoms with Crippen LogP contribution in [0.15, 0.2) is 35.5 Å². The molecular formula is C28H45N5O3S. The Kier molecular flexibility index (Phi) is 9.94. The number of hydrogen-bond acceptors (Lipinski definition) is 5. The van der Waals surface area contributed by atoms with E-state index in [9.17, 15) is 13.2 Å². The van der Waals surface area contributed by atoms with E-state index in [1.807, 2.05) is 4.90 Å². The number of aromatic nitrogens is 2. The third kappa shape index (κ3) is 7.88. The molecule has 1 aliphatic rings. The van der Waals surface area contributed by atoms with Crippen LogP contribution in [0.1, 0.15) is 70.8 Å². The normalized spacial score (nSPS) is 16.8. The minimum atomic E-state index is -3.77. The molecule has 3 rings (SSSR count). The average Bonchev–Trinajstić information content (AvgIpc) is 3.19. The highest BCUT2D eigenvalue weighted by Crippen LogP contribution is 2.23. The summed E-state index contributed by atoms with van der Waals surface area (Å²) in [5, 5.41) is -0.0230. The third-order valence-electron chi connectivity index (χ3n) is 7.29. The van der Waals surface area contributed by atoms with Crippen molar-refractivity contribution in [3.05, 3.63) is 47.4 Å². The maximum absolute atomic E-state index is 12.9. The predicted molar refractivity (Wildman–Crippen MR) is 148 cm³/mol. The van der Waals surface area contributed by atoms with Crippen molar-refractivity contribution in [3.8, 4) is 0 Å². The van der Waals surface area contributed by atoms with Gasteiger partial charge in [0.05, 0.1) is 6.54 Å². The van der Waals surface area contributed by atoms with E-state index in [1.54, 1.807) is 6.92 Å². The molecule has 1 saturated heterocycles. The van der Waals surface area contributed by atoms with Gasteiger partial charge in [0.15, 0.2) is 5.03 Å². The summed E-state index contributed by atoms with van der Waals surface area (Å²) in [6.07, 6.45) is 4.93. The molecule has 1 aromatic carbocycles. The lowest BCUT2D eigenvalue weighted by atomic mass is 9.86. The minimum Gasteiger partial charge on any atom is -0.348 e. The molecule has 1 unspecified atom stereocenters. The quantitative estimate of drug-likeness (QED) is 0.443. The maximum atomic E-state index is 12.9. The van der Waals surface area contributed by atoms with Crippen molar-refractivity contribution >= 4 is 15.9 Å². The van der Waals surface area contributed by atoms with Crippen molar-refractivity contribution in [2.24, 2.45) is 0 Å². The fourth-order valence-corrected chi connectivity index (χ4v) is 6.29. The zero-order chi connectivity index (χ0) is 27.2. The first-order chi connectivity index (χ1) is 17.4. The Balaban J connectivity index is 1.46. The highest BCUT2D eigenvalue weighted by atomic mass is 32.2. The molecule has 1 N–H and O–H groups in total. The molecule has 1 aliphatic heterocycles. The second-order valence-corrected chi connectivity index (χ2v) is 13.1. The molecule has 0 saturated carbocycles. The lowest BCUT2D eigenvalue weighted by molar-refractivity contribution is -0.130. The molecule has 2 aromatic rings. The van der Waals surface area contributed by atoms with Crippen molar-refractivity contribution in [2.45, 2.75) is 83.7 Å². The second-order valence-electron chi connectivity index (χ2n) is 11.2. The Morgan fingerprint density at radius 3 is 2.43 bits per heavy atom. The summed E-state index contributed by atoms with van der Waals surface area (Å²) in [4.78, 5) is 24.1. The number of nitrogens with one attached hydrogen (secondary N) is 1. The van der Waals surface area contributed by atoms with E-state index in [0.717, 1.165) is 32.4 Å². The predicted octanol–water partition coefficient (Wildman–Crippen LogP) is 3.97. The van der Waals surface area contributed by atoms with Crippen molar-refractivity contribution in [3.63, 3.8) is 0 Å².